The van der Waals surface area contributed by atoms with Crippen LogP contribution in [0.15, 0.2) is 48.5 Å². The van der Waals surface area contributed by atoms with Gasteiger partial charge in [0.25, 0.3) is 0 Å². The number of methoxy groups -OCH3 is 1. The molecule has 0 radical (unpaired) electrons. The summed E-state index contributed by atoms with van der Waals surface area (Å²) < 4.78 is 5.17. The van der Waals surface area contributed by atoms with Gasteiger partial charge in [-0.25, -0.2) is 4.79 Å². The molecule has 0 saturated carbocycles. The molecule has 0 aliphatic heterocycles. The molecule has 0 heterocycles. The Hall–Kier alpha value is -2.53. The number of nitrogens with two attached hydrogens (primary N) is 1. The molecule has 104 valence electrons. The standard InChI is InChI=1S/C15H17N3O2/c1-20-14-5-3-2-4-13(14)18-15(19)17-12-8-6-11(10-16)7-9-12/h2-9H,10,16H2,1H3,(H2,17,18,19). The first-order valence-corrected chi connectivity index (χ1v) is 6.23. The average molecular weight is 271 g/mol. The van der Waals surface area contributed by atoms with Gasteiger partial charge in [-0.05, 0) is 29.8 Å². The zero-order chi connectivity index (χ0) is 14.4. The van der Waals surface area contributed by atoms with Crippen molar-refractivity contribution in [2.45, 2.75) is 6.54 Å². The molecule has 0 aliphatic rings. The van der Waals surface area contributed by atoms with E-state index in [2.05, 4.69) is 10.6 Å². The topological polar surface area (TPSA) is 76.4 Å². The molecule has 0 fully saturated rings. The first-order chi connectivity index (χ1) is 9.72. The Morgan fingerprint density at radius 2 is 1.80 bits per heavy atom. The Morgan fingerprint density at radius 3 is 2.45 bits per heavy atom. The van der Waals surface area contributed by atoms with Crippen molar-refractivity contribution in [1.82, 2.24) is 0 Å². The van der Waals surface area contributed by atoms with Crippen LogP contribution in [0.3, 0.4) is 0 Å². The maximum Gasteiger partial charge on any atom is 0.323 e. The van der Waals surface area contributed by atoms with Gasteiger partial charge in [0.05, 0.1) is 12.8 Å². The molecule has 5 nitrogen and oxygen atoms in total. The molecule has 2 rings (SSSR count). The number of rotatable bonds is 4. The zero-order valence-corrected chi connectivity index (χ0v) is 11.2. The Bertz CT molecular complexity index is 582. The molecule has 0 atom stereocenters. The Balaban J connectivity index is 2.01. The number of carbonyl (C=O) groups excluding carboxylic acids is 1. The second-order valence-corrected chi connectivity index (χ2v) is 4.18. The van der Waals surface area contributed by atoms with Gasteiger partial charge in [-0.3, -0.25) is 0 Å². The number of nitrogens with one attached hydrogen (secondary N) is 2. The summed E-state index contributed by atoms with van der Waals surface area (Å²) in [6, 6.07) is 14.3. The number of benzene rings is 2. The van der Waals surface area contributed by atoms with E-state index in [-0.39, 0.29) is 6.03 Å². The van der Waals surface area contributed by atoms with E-state index >= 15 is 0 Å². The number of hydrogen-bond donors (Lipinski definition) is 3. The van der Waals surface area contributed by atoms with Gasteiger partial charge in [0, 0.05) is 12.2 Å². The summed E-state index contributed by atoms with van der Waals surface area (Å²) in [6.45, 7) is 0.480. The van der Waals surface area contributed by atoms with Crippen LogP contribution in [0.2, 0.25) is 0 Å². The molecule has 0 unspecified atom stereocenters. The number of carbonyl (C=O) groups is 1. The van der Waals surface area contributed by atoms with Crippen LogP contribution in [0.1, 0.15) is 5.56 Å². The van der Waals surface area contributed by atoms with E-state index in [1.54, 1.807) is 19.2 Å². The van der Waals surface area contributed by atoms with Crippen molar-refractivity contribution >= 4 is 17.4 Å². The maximum absolute atomic E-state index is 11.9. The van der Waals surface area contributed by atoms with E-state index < -0.39 is 0 Å². The molecule has 5 heteroatoms. The van der Waals surface area contributed by atoms with E-state index in [0.29, 0.717) is 23.7 Å². The smallest absolute Gasteiger partial charge is 0.323 e. The van der Waals surface area contributed by atoms with Gasteiger partial charge in [0.15, 0.2) is 0 Å². The summed E-state index contributed by atoms with van der Waals surface area (Å²) in [7, 11) is 1.56. The minimum absolute atomic E-state index is 0.324. The SMILES string of the molecule is COc1ccccc1NC(=O)Nc1ccc(CN)cc1. The lowest BCUT2D eigenvalue weighted by Gasteiger charge is -2.11. The van der Waals surface area contributed by atoms with E-state index in [1.165, 1.54) is 0 Å². The Morgan fingerprint density at radius 1 is 1.10 bits per heavy atom. The fourth-order valence-electron chi connectivity index (χ4n) is 1.76. The van der Waals surface area contributed by atoms with Crippen LogP contribution in [0, 0.1) is 0 Å². The highest BCUT2D eigenvalue weighted by Crippen LogP contribution is 2.23. The molecule has 0 aliphatic carbocycles. The largest absolute Gasteiger partial charge is 0.495 e. The van der Waals surface area contributed by atoms with Gasteiger partial charge in [0.1, 0.15) is 5.75 Å². The summed E-state index contributed by atoms with van der Waals surface area (Å²) >= 11 is 0. The molecular weight excluding hydrogens is 254 g/mol. The second-order valence-electron chi connectivity index (χ2n) is 4.18. The fourth-order valence-corrected chi connectivity index (χ4v) is 1.76. The van der Waals surface area contributed by atoms with Crippen molar-refractivity contribution < 1.29 is 9.53 Å². The fraction of sp³-hybridized carbons (Fsp3) is 0.133. The van der Waals surface area contributed by atoms with Crippen molar-refractivity contribution in [2.24, 2.45) is 5.73 Å². The number of urea groups is 1. The van der Waals surface area contributed by atoms with Gasteiger partial charge < -0.3 is 21.1 Å². The molecular formula is C15H17N3O2. The average Bonchev–Trinajstić information content (AvgIpc) is 2.48. The van der Waals surface area contributed by atoms with Gasteiger partial charge in [0.2, 0.25) is 0 Å². The minimum atomic E-state index is -0.324. The molecule has 0 bridgehead atoms. The maximum atomic E-state index is 11.9. The van der Waals surface area contributed by atoms with E-state index in [9.17, 15) is 4.79 Å². The summed E-state index contributed by atoms with van der Waals surface area (Å²) in [5, 5.41) is 5.49. The van der Waals surface area contributed by atoms with Crippen molar-refractivity contribution in [3.63, 3.8) is 0 Å². The van der Waals surface area contributed by atoms with Crippen LogP contribution < -0.4 is 21.1 Å². The molecule has 2 aromatic carbocycles. The first-order valence-electron chi connectivity index (χ1n) is 6.23. The number of hydrogen-bond acceptors (Lipinski definition) is 3. The lowest BCUT2D eigenvalue weighted by Crippen LogP contribution is -2.19. The van der Waals surface area contributed by atoms with E-state index in [0.717, 1.165) is 5.56 Å². The van der Waals surface area contributed by atoms with E-state index in [1.807, 2.05) is 36.4 Å². The quantitative estimate of drug-likeness (QED) is 0.800. The third-order valence-corrected chi connectivity index (χ3v) is 2.80. The number of para-hydroxylation sites is 2. The monoisotopic (exact) mass is 271 g/mol. The van der Waals surface area contributed by atoms with Crippen molar-refractivity contribution in [3.8, 4) is 5.75 Å². The van der Waals surface area contributed by atoms with Crippen LogP contribution in [0.4, 0.5) is 16.2 Å². The molecule has 0 saturated heterocycles. The summed E-state index contributed by atoms with van der Waals surface area (Å²) in [5.74, 6) is 0.612. The Kier molecular flexibility index (Phi) is 4.57. The lowest BCUT2D eigenvalue weighted by atomic mass is 10.2. The molecule has 20 heavy (non-hydrogen) atoms. The van der Waals surface area contributed by atoms with Crippen LogP contribution in [0.5, 0.6) is 5.75 Å². The third kappa shape index (κ3) is 3.49. The van der Waals surface area contributed by atoms with Gasteiger partial charge in [-0.2, -0.15) is 0 Å². The van der Waals surface area contributed by atoms with Crippen molar-refractivity contribution in [3.05, 3.63) is 54.1 Å². The first kappa shape index (κ1) is 13.9. The van der Waals surface area contributed by atoms with Crippen molar-refractivity contribution in [1.29, 1.82) is 0 Å². The minimum Gasteiger partial charge on any atom is -0.495 e. The number of amides is 2. The second kappa shape index (κ2) is 6.58. The zero-order valence-electron chi connectivity index (χ0n) is 11.2. The molecule has 4 N–H and O–H groups in total. The van der Waals surface area contributed by atoms with Crippen LogP contribution in [0.25, 0.3) is 0 Å². The predicted octanol–water partition coefficient (Wildman–Crippen LogP) is 2.80. The third-order valence-electron chi connectivity index (χ3n) is 2.80. The summed E-state index contributed by atoms with van der Waals surface area (Å²) in [5.41, 5.74) is 7.86. The van der Waals surface area contributed by atoms with Gasteiger partial charge >= 0.3 is 6.03 Å². The molecule has 0 spiro atoms. The van der Waals surface area contributed by atoms with Crippen LogP contribution >= 0.6 is 0 Å². The Labute approximate surface area is 117 Å². The van der Waals surface area contributed by atoms with E-state index in [4.69, 9.17) is 10.5 Å². The van der Waals surface area contributed by atoms with Gasteiger partial charge in [-0.1, -0.05) is 24.3 Å². The molecule has 0 aromatic heterocycles. The summed E-state index contributed by atoms with van der Waals surface area (Å²) in [4.78, 5) is 11.9. The number of ether oxygens (including phenoxy) is 1. The normalized spacial score (nSPS) is 9.90. The van der Waals surface area contributed by atoms with Crippen LogP contribution in [-0.2, 0) is 6.54 Å². The highest BCUT2D eigenvalue weighted by molar-refractivity contribution is 6.00. The van der Waals surface area contributed by atoms with Gasteiger partial charge in [-0.15, -0.1) is 0 Å². The molecule has 2 aromatic rings. The lowest BCUT2D eigenvalue weighted by molar-refractivity contribution is 0.262. The highest BCUT2D eigenvalue weighted by Gasteiger charge is 2.06. The highest BCUT2D eigenvalue weighted by atomic mass is 16.5. The molecule has 2 amide bonds. The van der Waals surface area contributed by atoms with Crippen LogP contribution in [-0.4, -0.2) is 13.1 Å². The van der Waals surface area contributed by atoms with Crippen molar-refractivity contribution in [2.75, 3.05) is 17.7 Å². The summed E-state index contributed by atoms with van der Waals surface area (Å²) in [6.07, 6.45) is 0. The predicted molar refractivity (Wildman–Crippen MR) is 80.0 cm³/mol. The number of anilines is 2.